The SMILES string of the molecule is CC(=O)OCC1=C(C(=O)OC(C)(C)C)N2C(=O)C(NC(=O)OCC(C)C)[C@H]2SC1. The number of alkyl carbamates (subject to hydrolysis) is 1. The van der Waals surface area contributed by atoms with Crippen molar-refractivity contribution in [3.63, 3.8) is 0 Å². The highest BCUT2D eigenvalue weighted by molar-refractivity contribution is 8.00. The van der Waals surface area contributed by atoms with Crippen LogP contribution in [0.15, 0.2) is 11.3 Å². The minimum absolute atomic E-state index is 0.0727. The molecule has 1 N–H and O–H groups in total. The van der Waals surface area contributed by atoms with E-state index in [1.54, 1.807) is 20.8 Å². The van der Waals surface area contributed by atoms with Gasteiger partial charge in [-0.15, -0.1) is 11.8 Å². The number of carbonyl (C=O) groups excluding carboxylic acids is 4. The second-order valence-corrected chi connectivity index (χ2v) is 9.36. The second kappa shape index (κ2) is 9.06. The summed E-state index contributed by atoms with van der Waals surface area (Å²) >= 11 is 1.37. The lowest BCUT2D eigenvalue weighted by Gasteiger charge is -2.49. The maximum Gasteiger partial charge on any atom is 0.407 e. The third-order valence-electron chi connectivity index (χ3n) is 3.91. The number of amides is 2. The molecule has 0 aromatic rings. The zero-order chi connectivity index (χ0) is 21.9. The third-order valence-corrected chi connectivity index (χ3v) is 5.25. The van der Waals surface area contributed by atoms with E-state index in [0.717, 1.165) is 0 Å². The Kier molecular flexibility index (Phi) is 7.20. The molecule has 0 aromatic heterocycles. The van der Waals surface area contributed by atoms with Gasteiger partial charge < -0.3 is 19.5 Å². The average molecular weight is 429 g/mol. The smallest absolute Gasteiger partial charge is 0.407 e. The Balaban J connectivity index is 2.18. The number of esters is 2. The predicted octanol–water partition coefficient (Wildman–Crippen LogP) is 1.81. The van der Waals surface area contributed by atoms with E-state index in [0.29, 0.717) is 11.3 Å². The largest absolute Gasteiger partial charge is 0.461 e. The Bertz CT molecular complexity index is 727. The van der Waals surface area contributed by atoms with Crippen molar-refractivity contribution in [1.29, 1.82) is 0 Å². The van der Waals surface area contributed by atoms with Crippen LogP contribution in [0.3, 0.4) is 0 Å². The molecule has 10 heteroatoms. The first-order valence-corrected chi connectivity index (χ1v) is 10.4. The van der Waals surface area contributed by atoms with E-state index >= 15 is 0 Å². The van der Waals surface area contributed by atoms with Gasteiger partial charge in [0.15, 0.2) is 0 Å². The first kappa shape index (κ1) is 23.1. The molecule has 2 aliphatic heterocycles. The molecule has 2 rings (SSSR count). The van der Waals surface area contributed by atoms with Crippen LogP contribution >= 0.6 is 11.8 Å². The lowest BCUT2D eigenvalue weighted by molar-refractivity contribution is -0.158. The molecular formula is C19H28N2O7S. The quantitative estimate of drug-likeness (QED) is 0.387. The summed E-state index contributed by atoms with van der Waals surface area (Å²) in [6, 6.07) is -0.799. The Morgan fingerprint density at radius 2 is 1.90 bits per heavy atom. The molecule has 2 aliphatic rings. The monoisotopic (exact) mass is 428 g/mol. The summed E-state index contributed by atoms with van der Waals surface area (Å²) in [6.07, 6.45) is -0.675. The molecule has 2 heterocycles. The maximum atomic E-state index is 12.8. The summed E-state index contributed by atoms with van der Waals surface area (Å²) in [4.78, 5) is 49.9. The first-order chi connectivity index (χ1) is 13.4. The Labute approximate surface area is 174 Å². The standard InChI is InChI=1S/C19H28N2O7S/c1-10(2)7-27-18(25)20-13-15(23)21-14(17(24)28-19(4,5)6)12(8-26-11(3)22)9-29-16(13)21/h10,13,16H,7-9H2,1-6H3,(H,20,25)/t13?,16-/m1/s1. The summed E-state index contributed by atoms with van der Waals surface area (Å²) < 4.78 is 15.6. The molecule has 0 aromatic carbocycles. The van der Waals surface area contributed by atoms with Crippen molar-refractivity contribution in [2.24, 2.45) is 5.92 Å². The summed E-state index contributed by atoms with van der Waals surface area (Å²) in [5, 5.41) is 2.10. The minimum Gasteiger partial charge on any atom is -0.461 e. The topological polar surface area (TPSA) is 111 Å². The van der Waals surface area contributed by atoms with Gasteiger partial charge in [-0.05, 0) is 26.7 Å². The number of ether oxygens (including phenoxy) is 3. The Morgan fingerprint density at radius 3 is 2.45 bits per heavy atom. The molecule has 0 radical (unpaired) electrons. The van der Waals surface area contributed by atoms with Crippen molar-refractivity contribution in [3.8, 4) is 0 Å². The van der Waals surface area contributed by atoms with Crippen LogP contribution in [-0.2, 0) is 28.6 Å². The van der Waals surface area contributed by atoms with Crippen molar-refractivity contribution >= 4 is 35.7 Å². The molecule has 162 valence electrons. The molecular weight excluding hydrogens is 400 g/mol. The van der Waals surface area contributed by atoms with Gasteiger partial charge in [-0.1, -0.05) is 13.8 Å². The van der Waals surface area contributed by atoms with Crippen molar-refractivity contribution < 1.29 is 33.4 Å². The second-order valence-electron chi connectivity index (χ2n) is 8.26. The number of β-lactam (4-membered cyclic amide) rings is 1. The fourth-order valence-electron chi connectivity index (χ4n) is 2.71. The van der Waals surface area contributed by atoms with Crippen LogP contribution in [0.5, 0.6) is 0 Å². The maximum absolute atomic E-state index is 12.8. The molecule has 1 fully saturated rings. The Hall–Kier alpha value is -2.23. The fourth-order valence-corrected chi connectivity index (χ4v) is 4.04. The van der Waals surface area contributed by atoms with Crippen molar-refractivity contribution in [3.05, 3.63) is 11.3 Å². The van der Waals surface area contributed by atoms with Crippen LogP contribution in [0.1, 0.15) is 41.5 Å². The summed E-state index contributed by atoms with van der Waals surface area (Å²) in [5.41, 5.74) is -0.198. The van der Waals surface area contributed by atoms with Gasteiger partial charge in [-0.25, -0.2) is 9.59 Å². The molecule has 0 spiro atoms. The molecule has 29 heavy (non-hydrogen) atoms. The normalized spacial score (nSPS) is 21.3. The lowest BCUT2D eigenvalue weighted by atomic mass is 10.0. The zero-order valence-electron chi connectivity index (χ0n) is 17.6. The third kappa shape index (κ3) is 5.88. The van der Waals surface area contributed by atoms with E-state index in [-0.39, 0.29) is 24.8 Å². The van der Waals surface area contributed by atoms with Crippen molar-refractivity contribution in [1.82, 2.24) is 10.2 Å². The van der Waals surface area contributed by atoms with Crippen LogP contribution in [0.25, 0.3) is 0 Å². The van der Waals surface area contributed by atoms with Gasteiger partial charge in [0, 0.05) is 18.2 Å². The van der Waals surface area contributed by atoms with Gasteiger partial charge in [0.2, 0.25) is 0 Å². The number of nitrogens with one attached hydrogen (secondary N) is 1. The van der Waals surface area contributed by atoms with Gasteiger partial charge in [0.25, 0.3) is 5.91 Å². The highest BCUT2D eigenvalue weighted by Crippen LogP contribution is 2.41. The van der Waals surface area contributed by atoms with E-state index in [2.05, 4.69) is 5.32 Å². The van der Waals surface area contributed by atoms with E-state index in [9.17, 15) is 19.2 Å². The Morgan fingerprint density at radius 1 is 1.24 bits per heavy atom. The van der Waals surface area contributed by atoms with Gasteiger partial charge >= 0.3 is 18.0 Å². The van der Waals surface area contributed by atoms with Gasteiger partial charge in [-0.2, -0.15) is 0 Å². The number of nitrogens with zero attached hydrogens (tertiary/aromatic N) is 1. The van der Waals surface area contributed by atoms with Crippen LogP contribution in [0.2, 0.25) is 0 Å². The van der Waals surface area contributed by atoms with Crippen LogP contribution in [0, 0.1) is 5.92 Å². The van der Waals surface area contributed by atoms with E-state index < -0.39 is 41.0 Å². The molecule has 2 amide bonds. The van der Waals surface area contributed by atoms with Gasteiger partial charge in [-0.3, -0.25) is 14.5 Å². The highest BCUT2D eigenvalue weighted by Gasteiger charge is 2.55. The van der Waals surface area contributed by atoms with Crippen LogP contribution in [0.4, 0.5) is 4.79 Å². The molecule has 0 saturated carbocycles. The van der Waals surface area contributed by atoms with E-state index in [4.69, 9.17) is 14.2 Å². The van der Waals surface area contributed by atoms with Crippen LogP contribution < -0.4 is 5.32 Å². The average Bonchev–Trinajstić information content (AvgIpc) is 2.60. The van der Waals surface area contributed by atoms with Gasteiger partial charge in [0.05, 0.1) is 6.61 Å². The van der Waals surface area contributed by atoms with E-state index in [1.165, 1.54) is 23.6 Å². The minimum atomic E-state index is -0.799. The van der Waals surface area contributed by atoms with Crippen molar-refractivity contribution in [2.75, 3.05) is 19.0 Å². The van der Waals surface area contributed by atoms with Crippen LogP contribution in [-0.4, -0.2) is 64.8 Å². The number of rotatable bonds is 6. The number of hydrogen-bond donors (Lipinski definition) is 1. The van der Waals surface area contributed by atoms with Gasteiger partial charge in [0.1, 0.15) is 29.3 Å². The summed E-state index contributed by atoms with van der Waals surface area (Å²) in [6.45, 7) is 10.4. The fraction of sp³-hybridized carbons (Fsp3) is 0.684. The molecule has 2 atom stereocenters. The van der Waals surface area contributed by atoms with E-state index in [1.807, 2.05) is 13.8 Å². The summed E-state index contributed by atoms with van der Waals surface area (Å²) in [5.74, 6) is -1.07. The number of hydrogen-bond acceptors (Lipinski definition) is 8. The molecule has 1 unspecified atom stereocenters. The lowest BCUT2D eigenvalue weighted by Crippen LogP contribution is -2.70. The van der Waals surface area contributed by atoms with Crippen molar-refractivity contribution in [2.45, 2.75) is 58.6 Å². The molecule has 9 nitrogen and oxygen atoms in total. The predicted molar refractivity (Wildman–Crippen MR) is 106 cm³/mol. The number of carbonyl (C=O) groups is 4. The number of fused-ring (bicyclic) bond motifs is 1. The molecule has 0 bridgehead atoms. The zero-order valence-corrected chi connectivity index (χ0v) is 18.4. The highest BCUT2D eigenvalue weighted by atomic mass is 32.2. The first-order valence-electron chi connectivity index (χ1n) is 9.37. The number of thioether (sulfide) groups is 1. The molecule has 1 saturated heterocycles. The summed E-state index contributed by atoms with van der Waals surface area (Å²) in [7, 11) is 0. The molecule has 0 aliphatic carbocycles.